The SMILES string of the molecule is CCC(C)NC1C=CC=CC1(N)c1ccccc1. The number of nitrogens with one attached hydrogen (secondary N) is 1. The molecule has 0 aromatic heterocycles. The van der Waals surface area contributed by atoms with Gasteiger partial charge in [-0.15, -0.1) is 0 Å². The molecule has 96 valence electrons. The second-order valence-corrected chi connectivity index (χ2v) is 5.00. The molecule has 0 saturated heterocycles. The zero-order chi connectivity index (χ0) is 13.0. The Morgan fingerprint density at radius 2 is 2.00 bits per heavy atom. The molecular formula is C16H22N2. The molecule has 1 aliphatic carbocycles. The van der Waals surface area contributed by atoms with E-state index in [0.717, 1.165) is 12.0 Å². The summed E-state index contributed by atoms with van der Waals surface area (Å²) in [5, 5.41) is 3.59. The number of rotatable bonds is 4. The second kappa shape index (κ2) is 5.51. The Bertz CT molecular complexity index is 436. The van der Waals surface area contributed by atoms with E-state index in [4.69, 9.17) is 5.73 Å². The summed E-state index contributed by atoms with van der Waals surface area (Å²) in [6, 6.07) is 10.9. The molecule has 0 fully saturated rings. The summed E-state index contributed by atoms with van der Waals surface area (Å²) in [6.07, 6.45) is 9.43. The first-order valence-corrected chi connectivity index (χ1v) is 6.63. The number of benzene rings is 1. The van der Waals surface area contributed by atoms with Gasteiger partial charge in [-0.3, -0.25) is 0 Å². The van der Waals surface area contributed by atoms with Crippen molar-refractivity contribution in [2.75, 3.05) is 0 Å². The van der Waals surface area contributed by atoms with Gasteiger partial charge in [0.1, 0.15) is 0 Å². The highest BCUT2D eigenvalue weighted by Gasteiger charge is 2.34. The minimum absolute atomic E-state index is 0.139. The lowest BCUT2D eigenvalue weighted by Gasteiger charge is -2.37. The smallest absolute Gasteiger partial charge is 0.0790 e. The van der Waals surface area contributed by atoms with Crippen molar-refractivity contribution in [2.45, 2.75) is 37.9 Å². The van der Waals surface area contributed by atoms with Crippen LogP contribution in [0, 0.1) is 0 Å². The van der Waals surface area contributed by atoms with Crippen LogP contribution in [0.1, 0.15) is 25.8 Å². The van der Waals surface area contributed by atoms with E-state index in [2.05, 4.69) is 49.5 Å². The van der Waals surface area contributed by atoms with E-state index < -0.39 is 5.54 Å². The van der Waals surface area contributed by atoms with Crippen molar-refractivity contribution >= 4 is 0 Å². The average molecular weight is 242 g/mol. The summed E-state index contributed by atoms with van der Waals surface area (Å²) in [5.74, 6) is 0. The van der Waals surface area contributed by atoms with Crippen LogP contribution in [0.4, 0.5) is 0 Å². The van der Waals surface area contributed by atoms with Gasteiger partial charge in [-0.25, -0.2) is 0 Å². The summed E-state index contributed by atoms with van der Waals surface area (Å²) in [7, 11) is 0. The van der Waals surface area contributed by atoms with Crippen molar-refractivity contribution in [2.24, 2.45) is 5.73 Å². The Balaban J connectivity index is 2.28. The highest BCUT2D eigenvalue weighted by Crippen LogP contribution is 2.27. The largest absolute Gasteiger partial charge is 0.317 e. The maximum Gasteiger partial charge on any atom is 0.0790 e. The van der Waals surface area contributed by atoms with Crippen LogP contribution < -0.4 is 11.1 Å². The fourth-order valence-corrected chi connectivity index (χ4v) is 2.27. The maximum atomic E-state index is 6.63. The molecule has 0 aliphatic heterocycles. The quantitative estimate of drug-likeness (QED) is 0.852. The molecule has 3 N–H and O–H groups in total. The van der Waals surface area contributed by atoms with Crippen LogP contribution >= 0.6 is 0 Å². The van der Waals surface area contributed by atoms with Crippen LogP contribution in [0.2, 0.25) is 0 Å². The summed E-state index contributed by atoms with van der Waals surface area (Å²) in [6.45, 7) is 4.37. The molecular weight excluding hydrogens is 220 g/mol. The average Bonchev–Trinajstić information content (AvgIpc) is 2.42. The highest BCUT2D eigenvalue weighted by molar-refractivity contribution is 5.38. The fourth-order valence-electron chi connectivity index (χ4n) is 2.27. The van der Waals surface area contributed by atoms with Gasteiger partial charge in [0, 0.05) is 6.04 Å². The van der Waals surface area contributed by atoms with Crippen molar-refractivity contribution < 1.29 is 0 Å². The molecule has 0 bridgehead atoms. The lowest BCUT2D eigenvalue weighted by Crippen LogP contribution is -2.55. The lowest BCUT2D eigenvalue weighted by molar-refractivity contribution is 0.371. The van der Waals surface area contributed by atoms with Crippen LogP contribution in [0.25, 0.3) is 0 Å². The number of hydrogen-bond acceptors (Lipinski definition) is 2. The topological polar surface area (TPSA) is 38.0 Å². The molecule has 0 spiro atoms. The van der Waals surface area contributed by atoms with Gasteiger partial charge in [0.2, 0.25) is 0 Å². The van der Waals surface area contributed by atoms with Crippen LogP contribution in [0.5, 0.6) is 0 Å². The van der Waals surface area contributed by atoms with Crippen LogP contribution in [-0.4, -0.2) is 12.1 Å². The van der Waals surface area contributed by atoms with Gasteiger partial charge in [-0.05, 0) is 18.9 Å². The Morgan fingerprint density at radius 3 is 2.67 bits per heavy atom. The summed E-state index contributed by atoms with van der Waals surface area (Å²) in [5.41, 5.74) is 7.31. The van der Waals surface area contributed by atoms with Crippen LogP contribution in [-0.2, 0) is 5.54 Å². The van der Waals surface area contributed by atoms with Gasteiger partial charge in [-0.2, -0.15) is 0 Å². The molecule has 2 heteroatoms. The third kappa shape index (κ3) is 2.55. The molecule has 2 rings (SSSR count). The predicted molar refractivity (Wildman–Crippen MR) is 77.3 cm³/mol. The summed E-state index contributed by atoms with van der Waals surface area (Å²) in [4.78, 5) is 0. The van der Waals surface area contributed by atoms with E-state index in [1.807, 2.05) is 24.3 Å². The molecule has 1 aromatic carbocycles. The van der Waals surface area contributed by atoms with Crippen LogP contribution in [0.3, 0.4) is 0 Å². The van der Waals surface area contributed by atoms with Crippen molar-refractivity contribution in [1.29, 1.82) is 0 Å². The summed E-state index contributed by atoms with van der Waals surface area (Å²) >= 11 is 0. The molecule has 1 aromatic rings. The summed E-state index contributed by atoms with van der Waals surface area (Å²) < 4.78 is 0. The normalized spacial score (nSPS) is 28.3. The Kier molecular flexibility index (Phi) is 4.00. The van der Waals surface area contributed by atoms with E-state index in [1.54, 1.807) is 0 Å². The van der Waals surface area contributed by atoms with Gasteiger partial charge in [0.25, 0.3) is 0 Å². The van der Waals surface area contributed by atoms with Gasteiger partial charge in [0.15, 0.2) is 0 Å². The van der Waals surface area contributed by atoms with E-state index in [0.29, 0.717) is 6.04 Å². The minimum Gasteiger partial charge on any atom is -0.317 e. The first-order valence-electron chi connectivity index (χ1n) is 6.63. The number of nitrogens with two attached hydrogens (primary N) is 1. The number of hydrogen-bond donors (Lipinski definition) is 2. The zero-order valence-corrected chi connectivity index (χ0v) is 11.1. The van der Waals surface area contributed by atoms with Crippen molar-refractivity contribution in [3.63, 3.8) is 0 Å². The molecule has 2 nitrogen and oxygen atoms in total. The molecule has 18 heavy (non-hydrogen) atoms. The zero-order valence-electron chi connectivity index (χ0n) is 11.1. The standard InChI is InChI=1S/C16H22N2/c1-3-13(2)18-15-11-7-8-12-16(15,17)14-9-5-4-6-10-14/h4-13,15,18H,3,17H2,1-2H3. The van der Waals surface area contributed by atoms with Gasteiger partial charge >= 0.3 is 0 Å². The fraction of sp³-hybridized carbons (Fsp3) is 0.375. The molecule has 0 heterocycles. The van der Waals surface area contributed by atoms with E-state index in [9.17, 15) is 0 Å². The van der Waals surface area contributed by atoms with Gasteiger partial charge < -0.3 is 11.1 Å². The Hall–Kier alpha value is -1.38. The molecule has 1 aliphatic rings. The predicted octanol–water partition coefficient (Wildman–Crippen LogP) is 2.72. The Labute approximate surface area is 110 Å². The monoisotopic (exact) mass is 242 g/mol. The van der Waals surface area contributed by atoms with E-state index in [1.165, 1.54) is 0 Å². The van der Waals surface area contributed by atoms with Crippen molar-refractivity contribution in [3.8, 4) is 0 Å². The number of allylic oxidation sites excluding steroid dienone is 2. The molecule has 3 unspecified atom stereocenters. The van der Waals surface area contributed by atoms with E-state index in [-0.39, 0.29) is 6.04 Å². The highest BCUT2D eigenvalue weighted by atomic mass is 15.0. The van der Waals surface area contributed by atoms with Gasteiger partial charge in [0.05, 0.1) is 11.6 Å². The van der Waals surface area contributed by atoms with Crippen LogP contribution in [0.15, 0.2) is 54.6 Å². The maximum absolute atomic E-state index is 6.63. The molecule has 0 amide bonds. The Morgan fingerprint density at radius 1 is 1.28 bits per heavy atom. The molecule has 0 saturated carbocycles. The third-order valence-corrected chi connectivity index (χ3v) is 3.65. The van der Waals surface area contributed by atoms with Gasteiger partial charge in [-0.1, -0.05) is 61.6 Å². The third-order valence-electron chi connectivity index (χ3n) is 3.65. The lowest BCUT2D eigenvalue weighted by atomic mass is 9.80. The second-order valence-electron chi connectivity index (χ2n) is 5.00. The van der Waals surface area contributed by atoms with Crippen molar-refractivity contribution in [3.05, 3.63) is 60.2 Å². The first kappa shape index (κ1) is 13.1. The minimum atomic E-state index is -0.459. The van der Waals surface area contributed by atoms with E-state index >= 15 is 0 Å². The first-order chi connectivity index (χ1) is 8.66. The molecule has 0 radical (unpaired) electrons. The molecule has 3 atom stereocenters. The van der Waals surface area contributed by atoms with Crippen molar-refractivity contribution in [1.82, 2.24) is 5.32 Å².